The van der Waals surface area contributed by atoms with Gasteiger partial charge in [-0.15, -0.1) is 35.3 Å². The van der Waals surface area contributed by atoms with E-state index in [0.717, 1.165) is 16.3 Å². The number of hydrogen-bond acceptors (Lipinski definition) is 4. The summed E-state index contributed by atoms with van der Waals surface area (Å²) in [5, 5.41) is 9.61. The number of hydrogen-bond donors (Lipinski definition) is 3. The van der Waals surface area contributed by atoms with E-state index in [2.05, 4.69) is 39.8 Å². The number of thiazole rings is 1. The highest BCUT2D eigenvalue weighted by molar-refractivity contribution is 14.0. The fourth-order valence-electron chi connectivity index (χ4n) is 2.02. The first kappa shape index (κ1) is 21.4. The highest BCUT2D eigenvalue weighted by atomic mass is 127. The molecule has 0 unspecified atom stereocenters. The van der Waals surface area contributed by atoms with E-state index in [1.165, 1.54) is 0 Å². The maximum atomic E-state index is 11.1. The molecular formula is C17H24IN5OS. The topological polar surface area (TPSA) is 92.4 Å². The summed E-state index contributed by atoms with van der Waals surface area (Å²) >= 11 is 1.65. The number of nitrogens with zero attached hydrogens (tertiary/aromatic N) is 2. The van der Waals surface area contributed by atoms with Gasteiger partial charge in [0.25, 0.3) is 0 Å². The molecule has 0 radical (unpaired) electrons. The third kappa shape index (κ3) is 6.62. The van der Waals surface area contributed by atoms with Gasteiger partial charge >= 0.3 is 0 Å². The molecule has 25 heavy (non-hydrogen) atoms. The first-order valence-corrected chi connectivity index (χ1v) is 8.65. The van der Waals surface area contributed by atoms with Crippen molar-refractivity contribution < 1.29 is 4.79 Å². The predicted molar refractivity (Wildman–Crippen MR) is 114 cm³/mol. The van der Waals surface area contributed by atoms with Gasteiger partial charge in [0.2, 0.25) is 5.91 Å². The first-order chi connectivity index (χ1) is 11.5. The molecule has 0 fully saturated rings. The lowest BCUT2D eigenvalue weighted by Crippen LogP contribution is -2.36. The van der Waals surface area contributed by atoms with Gasteiger partial charge in [-0.25, -0.2) is 4.98 Å². The Bertz CT molecular complexity index is 712. The van der Waals surface area contributed by atoms with Crippen LogP contribution >= 0.6 is 35.3 Å². The zero-order valence-corrected chi connectivity index (χ0v) is 17.7. The largest absolute Gasteiger partial charge is 0.366 e. The smallest absolute Gasteiger partial charge is 0.248 e. The highest BCUT2D eigenvalue weighted by Crippen LogP contribution is 2.17. The van der Waals surface area contributed by atoms with Crippen LogP contribution in [0.2, 0.25) is 0 Å². The van der Waals surface area contributed by atoms with Crippen LogP contribution in [0.3, 0.4) is 0 Å². The van der Waals surface area contributed by atoms with Crippen LogP contribution in [0.15, 0.2) is 34.6 Å². The Morgan fingerprint density at radius 1 is 1.24 bits per heavy atom. The molecule has 0 saturated heterocycles. The first-order valence-electron chi connectivity index (χ1n) is 7.77. The number of halogens is 1. The Morgan fingerprint density at radius 3 is 2.40 bits per heavy atom. The molecule has 0 aliphatic heterocycles. The van der Waals surface area contributed by atoms with E-state index in [9.17, 15) is 4.79 Å². The number of rotatable bonds is 6. The number of nitrogens with two attached hydrogens (primary N) is 1. The third-order valence-electron chi connectivity index (χ3n) is 3.49. The van der Waals surface area contributed by atoms with E-state index in [0.29, 0.717) is 30.5 Å². The molecule has 6 nitrogen and oxygen atoms in total. The molecular weight excluding hydrogens is 449 g/mol. The van der Waals surface area contributed by atoms with Gasteiger partial charge in [0.05, 0.1) is 12.2 Å². The molecule has 1 amide bonds. The molecule has 4 N–H and O–H groups in total. The van der Waals surface area contributed by atoms with E-state index >= 15 is 0 Å². The number of carbonyl (C=O) groups excluding carboxylic acids is 1. The number of primary amides is 1. The average molecular weight is 473 g/mol. The Balaban J connectivity index is 0.00000312. The molecule has 1 aromatic carbocycles. The summed E-state index contributed by atoms with van der Waals surface area (Å²) < 4.78 is 0. The fourth-order valence-corrected chi connectivity index (χ4v) is 2.92. The minimum absolute atomic E-state index is 0. The van der Waals surface area contributed by atoms with Gasteiger partial charge < -0.3 is 16.4 Å². The second kappa shape index (κ2) is 10.3. The summed E-state index contributed by atoms with van der Waals surface area (Å²) in [4.78, 5) is 19.9. The number of carbonyl (C=O) groups is 1. The molecule has 0 aliphatic carbocycles. The van der Waals surface area contributed by atoms with Crippen LogP contribution in [0.1, 0.15) is 46.4 Å². The van der Waals surface area contributed by atoms with Gasteiger partial charge in [0.1, 0.15) is 5.01 Å². The molecule has 1 heterocycles. The Hall–Kier alpha value is -1.68. The van der Waals surface area contributed by atoms with Crippen LogP contribution in [0.25, 0.3) is 0 Å². The van der Waals surface area contributed by atoms with E-state index in [1.54, 1.807) is 30.5 Å². The van der Waals surface area contributed by atoms with Gasteiger partial charge in [0, 0.05) is 24.5 Å². The van der Waals surface area contributed by atoms with E-state index < -0.39 is 5.91 Å². The quantitative estimate of drug-likeness (QED) is 0.342. The molecule has 0 aliphatic rings. The predicted octanol–water partition coefficient (Wildman–Crippen LogP) is 2.85. The number of aliphatic imine (C=N–C) groups is 1. The number of guanidine groups is 1. The molecule has 0 bridgehead atoms. The summed E-state index contributed by atoms with van der Waals surface area (Å²) in [5.41, 5.74) is 7.90. The molecule has 2 rings (SSSR count). The minimum atomic E-state index is -0.420. The lowest BCUT2D eigenvalue weighted by molar-refractivity contribution is 0.100. The molecule has 1 aromatic heterocycles. The Kier molecular flexibility index (Phi) is 8.84. The van der Waals surface area contributed by atoms with Crippen LogP contribution in [0, 0.1) is 0 Å². The number of benzene rings is 1. The standard InChI is InChI=1S/C17H23N5OS.HI/c1-11(2)14-10-24-15(22-14)9-21-17(19-3)20-8-12-4-6-13(7-5-12)16(18)23;/h4-7,10-11H,8-9H2,1-3H3,(H2,18,23)(H2,19,20,21);1H. The second-order valence-corrected chi connectivity index (χ2v) is 6.60. The van der Waals surface area contributed by atoms with Crippen molar-refractivity contribution in [1.82, 2.24) is 15.6 Å². The average Bonchev–Trinajstić information content (AvgIpc) is 3.04. The van der Waals surface area contributed by atoms with Crippen molar-refractivity contribution in [2.75, 3.05) is 7.05 Å². The summed E-state index contributed by atoms with van der Waals surface area (Å²) in [6.45, 7) is 5.51. The molecule has 0 spiro atoms. The fraction of sp³-hybridized carbons (Fsp3) is 0.353. The summed E-state index contributed by atoms with van der Waals surface area (Å²) in [7, 11) is 1.73. The van der Waals surface area contributed by atoms with Gasteiger partial charge in [0.15, 0.2) is 5.96 Å². The van der Waals surface area contributed by atoms with Crippen molar-refractivity contribution in [3.05, 3.63) is 51.5 Å². The van der Waals surface area contributed by atoms with Gasteiger partial charge in [-0.1, -0.05) is 26.0 Å². The zero-order chi connectivity index (χ0) is 17.5. The Morgan fingerprint density at radius 2 is 1.88 bits per heavy atom. The maximum absolute atomic E-state index is 11.1. The lowest BCUT2D eigenvalue weighted by Gasteiger charge is -2.11. The number of amides is 1. The van der Waals surface area contributed by atoms with E-state index in [4.69, 9.17) is 5.73 Å². The van der Waals surface area contributed by atoms with Crippen molar-refractivity contribution in [2.24, 2.45) is 10.7 Å². The van der Waals surface area contributed by atoms with Crippen LogP contribution in [0.4, 0.5) is 0 Å². The zero-order valence-electron chi connectivity index (χ0n) is 14.6. The molecule has 0 saturated carbocycles. The van der Waals surface area contributed by atoms with Crippen molar-refractivity contribution in [2.45, 2.75) is 32.9 Å². The summed E-state index contributed by atoms with van der Waals surface area (Å²) in [5.74, 6) is 0.724. The van der Waals surface area contributed by atoms with E-state index in [1.807, 2.05) is 12.1 Å². The van der Waals surface area contributed by atoms with Gasteiger partial charge in [-0.3, -0.25) is 9.79 Å². The van der Waals surface area contributed by atoms with Gasteiger partial charge in [-0.2, -0.15) is 0 Å². The summed E-state index contributed by atoms with van der Waals surface area (Å²) in [6, 6.07) is 7.18. The van der Waals surface area contributed by atoms with E-state index in [-0.39, 0.29) is 24.0 Å². The second-order valence-electron chi connectivity index (χ2n) is 5.66. The number of aromatic nitrogens is 1. The van der Waals surface area contributed by atoms with Crippen LogP contribution < -0.4 is 16.4 Å². The lowest BCUT2D eigenvalue weighted by atomic mass is 10.1. The van der Waals surface area contributed by atoms with Crippen molar-refractivity contribution in [1.29, 1.82) is 0 Å². The van der Waals surface area contributed by atoms with Crippen LogP contribution in [0.5, 0.6) is 0 Å². The molecule has 136 valence electrons. The van der Waals surface area contributed by atoms with Gasteiger partial charge in [-0.05, 0) is 23.6 Å². The molecule has 8 heteroatoms. The van der Waals surface area contributed by atoms with Crippen molar-refractivity contribution >= 4 is 47.2 Å². The summed E-state index contributed by atoms with van der Waals surface area (Å²) in [6.07, 6.45) is 0. The molecule has 0 atom stereocenters. The van der Waals surface area contributed by atoms with Crippen molar-refractivity contribution in [3.63, 3.8) is 0 Å². The Labute approximate surface area is 169 Å². The third-order valence-corrected chi connectivity index (χ3v) is 4.36. The number of nitrogens with one attached hydrogen (secondary N) is 2. The van der Waals surface area contributed by atoms with Crippen LogP contribution in [-0.2, 0) is 13.1 Å². The monoisotopic (exact) mass is 473 g/mol. The normalized spacial score (nSPS) is 11.1. The maximum Gasteiger partial charge on any atom is 0.248 e. The highest BCUT2D eigenvalue weighted by Gasteiger charge is 2.06. The van der Waals surface area contributed by atoms with Crippen LogP contribution in [-0.4, -0.2) is 23.9 Å². The van der Waals surface area contributed by atoms with Crippen molar-refractivity contribution in [3.8, 4) is 0 Å². The minimum Gasteiger partial charge on any atom is -0.366 e. The molecule has 2 aromatic rings. The SMILES string of the molecule is CN=C(NCc1ccc(C(N)=O)cc1)NCc1nc(C(C)C)cs1.I.